The van der Waals surface area contributed by atoms with E-state index in [-0.39, 0.29) is 5.54 Å². The van der Waals surface area contributed by atoms with E-state index in [0.29, 0.717) is 6.10 Å². The van der Waals surface area contributed by atoms with E-state index in [0.717, 1.165) is 42.1 Å². The van der Waals surface area contributed by atoms with Crippen LogP contribution in [0.4, 0.5) is 0 Å². The summed E-state index contributed by atoms with van der Waals surface area (Å²) in [4.78, 5) is 0. The molecule has 1 atom stereocenters. The van der Waals surface area contributed by atoms with Crippen molar-refractivity contribution in [3.8, 4) is 11.5 Å². The number of benzene rings is 1. The molecule has 4 heteroatoms. The summed E-state index contributed by atoms with van der Waals surface area (Å²) in [6.45, 7) is 0. The lowest BCUT2D eigenvalue weighted by molar-refractivity contribution is 0.194. The van der Waals surface area contributed by atoms with Crippen LogP contribution in [-0.4, -0.2) is 24.7 Å². The minimum Gasteiger partial charge on any atom is -0.493 e. The van der Waals surface area contributed by atoms with Crippen molar-refractivity contribution in [3.63, 3.8) is 0 Å². The molecule has 2 aliphatic rings. The van der Waals surface area contributed by atoms with Crippen molar-refractivity contribution in [1.82, 2.24) is 0 Å². The quantitative estimate of drug-likeness (QED) is 0.920. The summed E-state index contributed by atoms with van der Waals surface area (Å²) < 4.78 is 11.7. The van der Waals surface area contributed by atoms with Crippen LogP contribution in [0.1, 0.15) is 31.2 Å². The third-order valence-electron chi connectivity index (χ3n) is 4.15. The minimum atomic E-state index is -0.213. The molecule has 1 saturated heterocycles. The maximum atomic E-state index is 6.48. The molecular formula is C15H21NO2S. The second-order valence-corrected chi connectivity index (χ2v) is 6.60. The molecule has 3 nitrogen and oxygen atoms in total. The Hall–Kier alpha value is -0.870. The minimum absolute atomic E-state index is 0.213. The molecule has 1 heterocycles. The van der Waals surface area contributed by atoms with Gasteiger partial charge in [0.05, 0.1) is 7.11 Å². The maximum absolute atomic E-state index is 6.48. The smallest absolute Gasteiger partial charge is 0.166 e. The maximum Gasteiger partial charge on any atom is 0.166 e. The summed E-state index contributed by atoms with van der Waals surface area (Å²) in [7, 11) is 1.69. The molecule has 0 bridgehead atoms. The van der Waals surface area contributed by atoms with Gasteiger partial charge in [0.2, 0.25) is 0 Å². The van der Waals surface area contributed by atoms with E-state index < -0.39 is 0 Å². The molecule has 19 heavy (non-hydrogen) atoms. The van der Waals surface area contributed by atoms with E-state index in [4.69, 9.17) is 15.2 Å². The number of hydrogen-bond donors (Lipinski definition) is 1. The zero-order valence-electron chi connectivity index (χ0n) is 11.4. The molecule has 1 aliphatic carbocycles. The van der Waals surface area contributed by atoms with Crippen LogP contribution in [0.15, 0.2) is 18.2 Å². The fraction of sp³-hybridized carbons (Fsp3) is 0.600. The van der Waals surface area contributed by atoms with Gasteiger partial charge in [-0.25, -0.2) is 0 Å². The normalized spacial score (nSPS) is 24.8. The summed E-state index contributed by atoms with van der Waals surface area (Å²) in [6, 6.07) is 6.07. The highest BCUT2D eigenvalue weighted by atomic mass is 32.2. The van der Waals surface area contributed by atoms with Crippen molar-refractivity contribution in [2.45, 2.75) is 37.3 Å². The highest BCUT2D eigenvalue weighted by molar-refractivity contribution is 7.99. The summed E-state index contributed by atoms with van der Waals surface area (Å²) in [5.41, 5.74) is 7.39. The van der Waals surface area contributed by atoms with Gasteiger partial charge in [-0.05, 0) is 37.5 Å². The first-order valence-electron chi connectivity index (χ1n) is 6.94. The van der Waals surface area contributed by atoms with Crippen LogP contribution in [0.5, 0.6) is 11.5 Å². The highest BCUT2D eigenvalue weighted by Gasteiger charge is 2.38. The molecule has 2 N–H and O–H groups in total. The number of methoxy groups -OCH3 is 1. The molecule has 0 aromatic heterocycles. The lowest BCUT2D eigenvalue weighted by Crippen LogP contribution is -2.43. The fourth-order valence-corrected chi connectivity index (χ4v) is 3.88. The largest absolute Gasteiger partial charge is 0.493 e. The first-order chi connectivity index (χ1) is 9.23. The Morgan fingerprint density at radius 1 is 1.37 bits per heavy atom. The summed E-state index contributed by atoms with van der Waals surface area (Å²) in [5, 5.41) is 0. The van der Waals surface area contributed by atoms with Crippen molar-refractivity contribution >= 4 is 11.8 Å². The second kappa shape index (κ2) is 5.25. The van der Waals surface area contributed by atoms with Gasteiger partial charge < -0.3 is 15.2 Å². The molecule has 1 saturated carbocycles. The molecule has 0 radical (unpaired) electrons. The van der Waals surface area contributed by atoms with Crippen LogP contribution in [0.25, 0.3) is 0 Å². The van der Waals surface area contributed by atoms with Gasteiger partial charge in [-0.3, -0.25) is 0 Å². The second-order valence-electron chi connectivity index (χ2n) is 5.45. The number of nitrogens with two attached hydrogens (primary N) is 1. The zero-order chi connectivity index (χ0) is 13.3. The average molecular weight is 279 g/mol. The Morgan fingerprint density at radius 3 is 2.79 bits per heavy atom. The Kier molecular flexibility index (Phi) is 3.63. The van der Waals surface area contributed by atoms with Gasteiger partial charge >= 0.3 is 0 Å². The zero-order valence-corrected chi connectivity index (χ0v) is 12.2. The predicted molar refractivity (Wildman–Crippen MR) is 79.1 cm³/mol. The molecule has 104 valence electrons. The summed E-state index contributed by atoms with van der Waals surface area (Å²) >= 11 is 1.95. The average Bonchev–Trinajstić information content (AvgIpc) is 2.89. The standard InChI is InChI=1S/C15H21NO2S/c1-17-13-5-2-4-12(15(16)7-3-8-15)14(13)18-11-6-9-19-10-11/h2,4-5,11H,3,6-10,16H2,1H3. The number of hydrogen-bond acceptors (Lipinski definition) is 4. The third-order valence-corrected chi connectivity index (χ3v) is 5.29. The van der Waals surface area contributed by atoms with Crippen LogP contribution in [0, 0.1) is 0 Å². The molecule has 1 unspecified atom stereocenters. The molecule has 3 rings (SSSR count). The topological polar surface area (TPSA) is 44.5 Å². The Bertz CT molecular complexity index is 453. The summed E-state index contributed by atoms with van der Waals surface area (Å²) in [5.74, 6) is 3.93. The van der Waals surface area contributed by atoms with Gasteiger partial charge in [-0.15, -0.1) is 0 Å². The third kappa shape index (κ3) is 2.43. The lowest BCUT2D eigenvalue weighted by Gasteiger charge is -2.40. The van der Waals surface area contributed by atoms with Gasteiger partial charge in [-0.2, -0.15) is 11.8 Å². The van der Waals surface area contributed by atoms with E-state index in [1.54, 1.807) is 7.11 Å². The van der Waals surface area contributed by atoms with Crippen molar-refractivity contribution in [3.05, 3.63) is 23.8 Å². The van der Waals surface area contributed by atoms with Crippen LogP contribution in [0.3, 0.4) is 0 Å². The van der Waals surface area contributed by atoms with Crippen molar-refractivity contribution in [2.75, 3.05) is 18.6 Å². The van der Waals surface area contributed by atoms with Crippen molar-refractivity contribution < 1.29 is 9.47 Å². The Balaban J connectivity index is 1.93. The van der Waals surface area contributed by atoms with Crippen molar-refractivity contribution in [2.24, 2.45) is 5.73 Å². The summed E-state index contributed by atoms with van der Waals surface area (Å²) in [6.07, 6.45) is 4.68. The molecule has 0 amide bonds. The van der Waals surface area contributed by atoms with Gasteiger partial charge in [0, 0.05) is 16.9 Å². The predicted octanol–water partition coefficient (Wildman–Crippen LogP) is 2.92. The van der Waals surface area contributed by atoms with E-state index >= 15 is 0 Å². The molecule has 1 aromatic carbocycles. The van der Waals surface area contributed by atoms with E-state index in [1.165, 1.54) is 12.2 Å². The van der Waals surface area contributed by atoms with Crippen LogP contribution < -0.4 is 15.2 Å². The molecule has 2 fully saturated rings. The van der Waals surface area contributed by atoms with Crippen LogP contribution in [-0.2, 0) is 5.54 Å². The lowest BCUT2D eigenvalue weighted by atomic mass is 9.72. The first kappa shape index (κ1) is 13.1. The highest BCUT2D eigenvalue weighted by Crippen LogP contribution is 2.46. The van der Waals surface area contributed by atoms with E-state index in [9.17, 15) is 0 Å². The van der Waals surface area contributed by atoms with E-state index in [2.05, 4.69) is 6.07 Å². The number of thioether (sulfide) groups is 1. The Morgan fingerprint density at radius 2 is 2.21 bits per heavy atom. The van der Waals surface area contributed by atoms with Gasteiger partial charge in [0.15, 0.2) is 11.5 Å². The molecular weight excluding hydrogens is 258 g/mol. The Labute approximate surface area is 118 Å². The van der Waals surface area contributed by atoms with Crippen molar-refractivity contribution in [1.29, 1.82) is 0 Å². The van der Waals surface area contributed by atoms with Gasteiger partial charge in [0.25, 0.3) is 0 Å². The van der Waals surface area contributed by atoms with Crippen LogP contribution in [0.2, 0.25) is 0 Å². The molecule has 1 aromatic rings. The molecule has 1 aliphatic heterocycles. The van der Waals surface area contributed by atoms with Crippen LogP contribution >= 0.6 is 11.8 Å². The monoisotopic (exact) mass is 279 g/mol. The fourth-order valence-electron chi connectivity index (χ4n) is 2.79. The van der Waals surface area contributed by atoms with E-state index in [1.807, 2.05) is 23.9 Å². The number of para-hydroxylation sites is 1. The number of ether oxygens (including phenoxy) is 2. The SMILES string of the molecule is COc1cccc(C2(N)CCC2)c1OC1CCSC1. The number of rotatable bonds is 4. The first-order valence-corrected chi connectivity index (χ1v) is 8.09. The molecule has 0 spiro atoms. The van der Waals surface area contributed by atoms with Gasteiger partial charge in [-0.1, -0.05) is 12.1 Å². The van der Waals surface area contributed by atoms with Gasteiger partial charge in [0.1, 0.15) is 6.10 Å².